The third-order valence-corrected chi connectivity index (χ3v) is 5.06. The highest BCUT2D eigenvalue weighted by Gasteiger charge is 2.39. The minimum Gasteiger partial charge on any atom is -0.487 e. The molecule has 27 heavy (non-hydrogen) atoms. The number of hydrogen-bond acceptors (Lipinski definition) is 3. The lowest BCUT2D eigenvalue weighted by atomic mass is 10.0. The zero-order chi connectivity index (χ0) is 19.0. The Bertz CT molecular complexity index is 865. The Morgan fingerprint density at radius 2 is 1.78 bits per heavy atom. The van der Waals surface area contributed by atoms with Gasteiger partial charge in [0, 0.05) is 23.2 Å². The number of likely N-dealkylation sites (tertiary alicyclic amines) is 1. The van der Waals surface area contributed by atoms with Gasteiger partial charge in [-0.3, -0.25) is 0 Å². The molecule has 2 aromatic rings. The number of halogens is 3. The summed E-state index contributed by atoms with van der Waals surface area (Å²) in [6.07, 6.45) is 1.91. The van der Waals surface area contributed by atoms with E-state index in [0.717, 1.165) is 16.3 Å². The number of hydrogen-bond donors (Lipinski definition) is 0. The van der Waals surface area contributed by atoms with Crippen LogP contribution in [0.2, 0.25) is 0 Å². The first-order valence-electron chi connectivity index (χ1n) is 8.48. The van der Waals surface area contributed by atoms with Crippen molar-refractivity contribution >= 4 is 28.2 Å². The lowest BCUT2D eigenvalue weighted by molar-refractivity contribution is 0.0277. The second kappa shape index (κ2) is 7.26. The van der Waals surface area contributed by atoms with Crippen molar-refractivity contribution in [3.63, 3.8) is 0 Å². The van der Waals surface area contributed by atoms with Crippen molar-refractivity contribution in [1.29, 1.82) is 0 Å². The van der Waals surface area contributed by atoms with Gasteiger partial charge in [0.1, 0.15) is 23.5 Å². The summed E-state index contributed by atoms with van der Waals surface area (Å²) in [5.74, 6) is -0.602. The summed E-state index contributed by atoms with van der Waals surface area (Å²) in [6.45, 7) is 0.871. The van der Waals surface area contributed by atoms with Gasteiger partial charge in [-0.2, -0.15) is 5.10 Å². The number of amides is 2. The second-order valence-electron chi connectivity index (χ2n) is 6.48. The first-order valence-corrected chi connectivity index (χ1v) is 9.28. The highest BCUT2D eigenvalue weighted by Crippen LogP contribution is 2.31. The summed E-state index contributed by atoms with van der Waals surface area (Å²) in [4.78, 5) is 14.3. The van der Waals surface area contributed by atoms with Gasteiger partial charge in [0.2, 0.25) is 0 Å². The summed E-state index contributed by atoms with van der Waals surface area (Å²) in [5, 5.41) is 5.38. The predicted octanol–water partition coefficient (Wildman–Crippen LogP) is 4.34. The monoisotopic (exact) mass is 435 g/mol. The summed E-state index contributed by atoms with van der Waals surface area (Å²) in [7, 11) is 0. The normalized spacial score (nSPS) is 19.3. The Hall–Kier alpha value is -2.48. The van der Waals surface area contributed by atoms with E-state index in [2.05, 4.69) is 21.0 Å². The fourth-order valence-electron chi connectivity index (χ4n) is 3.16. The van der Waals surface area contributed by atoms with Crippen LogP contribution in [-0.4, -0.2) is 41.3 Å². The van der Waals surface area contributed by atoms with Gasteiger partial charge in [0.25, 0.3) is 0 Å². The summed E-state index contributed by atoms with van der Waals surface area (Å²) < 4.78 is 33.8. The smallest absolute Gasteiger partial charge is 0.341 e. The van der Waals surface area contributed by atoms with E-state index in [1.54, 1.807) is 11.1 Å². The van der Waals surface area contributed by atoms with Crippen LogP contribution in [0.4, 0.5) is 13.6 Å². The van der Waals surface area contributed by atoms with Gasteiger partial charge in [-0.1, -0.05) is 15.9 Å². The molecule has 0 aromatic heterocycles. The van der Waals surface area contributed by atoms with Crippen molar-refractivity contribution in [3.8, 4) is 5.75 Å². The van der Waals surface area contributed by atoms with Crippen LogP contribution in [-0.2, 0) is 0 Å². The minimum atomic E-state index is -0.670. The molecule has 0 bridgehead atoms. The van der Waals surface area contributed by atoms with Crippen LogP contribution in [0, 0.1) is 11.6 Å². The van der Waals surface area contributed by atoms with Crippen molar-refractivity contribution < 1.29 is 18.3 Å². The molecule has 0 unspecified atom stereocenters. The largest absolute Gasteiger partial charge is 0.487 e. The molecule has 0 saturated carbocycles. The van der Waals surface area contributed by atoms with E-state index in [1.807, 2.05) is 24.3 Å². The van der Waals surface area contributed by atoms with Crippen molar-refractivity contribution in [2.75, 3.05) is 13.1 Å². The molecule has 1 saturated heterocycles. The SMILES string of the molecule is O=C(N1CC(Oc2ccc(Br)cc2)C1)N1N=CC[C@H]1c1cc(F)cc(F)c1. The van der Waals surface area contributed by atoms with Crippen LogP contribution in [0.3, 0.4) is 0 Å². The first-order chi connectivity index (χ1) is 13.0. The molecule has 2 aromatic carbocycles. The fourth-order valence-corrected chi connectivity index (χ4v) is 3.43. The molecule has 0 aliphatic carbocycles. The third kappa shape index (κ3) is 3.80. The number of urea groups is 1. The molecule has 140 valence electrons. The van der Waals surface area contributed by atoms with Crippen LogP contribution in [0.1, 0.15) is 18.0 Å². The summed E-state index contributed by atoms with van der Waals surface area (Å²) >= 11 is 3.37. The average Bonchev–Trinajstić information content (AvgIpc) is 3.08. The molecule has 8 heteroatoms. The second-order valence-corrected chi connectivity index (χ2v) is 7.39. The molecule has 2 aliphatic heterocycles. The molecule has 1 atom stereocenters. The van der Waals surface area contributed by atoms with Crippen LogP contribution in [0.25, 0.3) is 0 Å². The molecule has 2 amide bonds. The van der Waals surface area contributed by atoms with Crippen molar-refractivity contribution in [3.05, 3.63) is 64.1 Å². The topological polar surface area (TPSA) is 45.1 Å². The standard InChI is InChI=1S/C19H16BrF2N3O2/c20-13-1-3-16(4-2-13)27-17-10-24(11-17)19(26)25-18(5-6-23-25)12-7-14(21)9-15(22)8-12/h1-4,6-9,17-18H,5,10-11H2/t18-/m0/s1. The van der Waals surface area contributed by atoms with E-state index in [1.165, 1.54) is 17.1 Å². The molecule has 2 heterocycles. The molecule has 0 N–H and O–H groups in total. The van der Waals surface area contributed by atoms with E-state index in [4.69, 9.17) is 4.74 Å². The molecular weight excluding hydrogens is 420 g/mol. The van der Waals surface area contributed by atoms with E-state index in [9.17, 15) is 13.6 Å². The number of carbonyl (C=O) groups excluding carboxylic acids is 1. The molecule has 0 spiro atoms. The Morgan fingerprint density at radius 3 is 2.44 bits per heavy atom. The van der Waals surface area contributed by atoms with E-state index in [0.29, 0.717) is 25.1 Å². The fraction of sp³-hybridized carbons (Fsp3) is 0.263. The maximum Gasteiger partial charge on any atom is 0.341 e. The maximum atomic E-state index is 13.5. The predicted molar refractivity (Wildman–Crippen MR) is 99.6 cm³/mol. The third-order valence-electron chi connectivity index (χ3n) is 4.53. The molecule has 0 radical (unpaired) electrons. The average molecular weight is 436 g/mol. The molecule has 1 fully saturated rings. The number of nitrogens with zero attached hydrogens (tertiary/aromatic N) is 3. The number of ether oxygens (including phenoxy) is 1. The van der Waals surface area contributed by atoms with Gasteiger partial charge in [-0.15, -0.1) is 0 Å². The van der Waals surface area contributed by atoms with Gasteiger partial charge >= 0.3 is 6.03 Å². The number of hydrazone groups is 1. The highest BCUT2D eigenvalue weighted by molar-refractivity contribution is 9.10. The van der Waals surface area contributed by atoms with Crippen molar-refractivity contribution in [2.24, 2.45) is 5.10 Å². The van der Waals surface area contributed by atoms with Gasteiger partial charge in [0.05, 0.1) is 19.1 Å². The molecular formula is C19H16BrF2N3O2. The lowest BCUT2D eigenvalue weighted by Gasteiger charge is -2.41. The van der Waals surface area contributed by atoms with Crippen LogP contribution >= 0.6 is 15.9 Å². The van der Waals surface area contributed by atoms with Crippen LogP contribution in [0.15, 0.2) is 52.0 Å². The quantitative estimate of drug-likeness (QED) is 0.719. The molecule has 4 rings (SSSR count). The van der Waals surface area contributed by atoms with Gasteiger partial charge in [-0.05, 0) is 42.0 Å². The molecule has 2 aliphatic rings. The van der Waals surface area contributed by atoms with Gasteiger partial charge in [-0.25, -0.2) is 18.6 Å². The Kier molecular flexibility index (Phi) is 4.82. The van der Waals surface area contributed by atoms with Gasteiger partial charge < -0.3 is 9.64 Å². The zero-order valence-corrected chi connectivity index (χ0v) is 15.8. The van der Waals surface area contributed by atoms with E-state index < -0.39 is 17.7 Å². The maximum absolute atomic E-state index is 13.5. The Labute approximate surface area is 163 Å². The minimum absolute atomic E-state index is 0.0910. The van der Waals surface area contributed by atoms with Gasteiger partial charge in [0.15, 0.2) is 0 Å². The number of rotatable bonds is 3. The first kappa shape index (κ1) is 17.9. The molecule has 5 nitrogen and oxygen atoms in total. The van der Waals surface area contributed by atoms with E-state index in [-0.39, 0.29) is 12.1 Å². The van der Waals surface area contributed by atoms with Crippen LogP contribution < -0.4 is 4.74 Å². The summed E-state index contributed by atoms with van der Waals surface area (Å²) in [6, 6.07) is 9.96. The zero-order valence-electron chi connectivity index (χ0n) is 14.2. The van der Waals surface area contributed by atoms with Crippen molar-refractivity contribution in [2.45, 2.75) is 18.6 Å². The Morgan fingerprint density at radius 1 is 1.11 bits per heavy atom. The Balaban J connectivity index is 1.38. The highest BCUT2D eigenvalue weighted by atomic mass is 79.9. The number of benzene rings is 2. The van der Waals surface area contributed by atoms with Crippen LogP contribution in [0.5, 0.6) is 5.75 Å². The lowest BCUT2D eigenvalue weighted by Crippen LogP contribution is -2.58. The summed E-state index contributed by atoms with van der Waals surface area (Å²) in [5.41, 5.74) is 0.390. The number of carbonyl (C=O) groups is 1. The van der Waals surface area contributed by atoms with E-state index >= 15 is 0 Å². The van der Waals surface area contributed by atoms with Crippen molar-refractivity contribution in [1.82, 2.24) is 9.91 Å².